The van der Waals surface area contributed by atoms with Gasteiger partial charge in [0.1, 0.15) is 5.03 Å². The average Bonchev–Trinajstić information content (AvgIpc) is 2.64. The molecule has 0 bridgehead atoms. The lowest BCUT2D eigenvalue weighted by molar-refractivity contribution is 0.291. The van der Waals surface area contributed by atoms with E-state index in [4.69, 9.17) is 10.9 Å². The molecule has 0 aliphatic carbocycles. The van der Waals surface area contributed by atoms with Gasteiger partial charge in [-0.2, -0.15) is 0 Å². The molecule has 0 fully saturated rings. The van der Waals surface area contributed by atoms with Gasteiger partial charge in [0, 0.05) is 17.6 Å². The maximum absolute atomic E-state index is 10.9. The molecule has 0 saturated carbocycles. The van der Waals surface area contributed by atoms with Gasteiger partial charge in [0.2, 0.25) is 0 Å². The van der Waals surface area contributed by atoms with Crippen molar-refractivity contribution in [2.45, 2.75) is 9.92 Å². The number of nitrogens with zero attached hydrogens (tertiary/aromatic N) is 3. The molecule has 17 heavy (non-hydrogen) atoms. The minimum atomic E-state index is -0.249. The van der Waals surface area contributed by atoms with Crippen molar-refractivity contribution in [3.63, 3.8) is 0 Å². The number of benzene rings is 1. The van der Waals surface area contributed by atoms with Crippen molar-refractivity contribution in [2.24, 2.45) is 7.05 Å². The number of nitrogen functional groups attached to an aromatic ring is 1. The number of aryl methyl sites for hydroxylation is 1. The lowest BCUT2D eigenvalue weighted by Crippen LogP contribution is -2.09. The summed E-state index contributed by atoms with van der Waals surface area (Å²) in [6, 6.07) is 7.29. The van der Waals surface area contributed by atoms with Gasteiger partial charge < -0.3 is 20.7 Å². The standard InChI is InChI=1S/C10H11N4O2S/c1-13-6-12-9(14(15)16)10(13)17-8-5-3-2-4-7(8)11/h2-6,15H,11H2,1H3/q-1. The Labute approximate surface area is 102 Å². The molecule has 0 spiro atoms. The molecular weight excluding hydrogens is 240 g/mol. The summed E-state index contributed by atoms with van der Waals surface area (Å²) in [7, 11) is 1.74. The van der Waals surface area contributed by atoms with Crippen LogP contribution in [0.3, 0.4) is 0 Å². The summed E-state index contributed by atoms with van der Waals surface area (Å²) in [4.78, 5) is 4.61. The zero-order chi connectivity index (χ0) is 12.4. The summed E-state index contributed by atoms with van der Waals surface area (Å²) in [5.41, 5.74) is 6.42. The fourth-order valence-corrected chi connectivity index (χ4v) is 2.29. The van der Waals surface area contributed by atoms with Crippen molar-refractivity contribution in [2.75, 3.05) is 11.0 Å². The molecule has 0 unspecified atom stereocenters. The highest BCUT2D eigenvalue weighted by Crippen LogP contribution is 2.36. The van der Waals surface area contributed by atoms with Crippen LogP contribution in [0.4, 0.5) is 11.5 Å². The fraction of sp³-hybridized carbons (Fsp3) is 0.100. The summed E-state index contributed by atoms with van der Waals surface area (Å²) < 4.78 is 1.65. The topological polar surface area (TPSA) is 90.4 Å². The highest BCUT2D eigenvalue weighted by atomic mass is 32.2. The quantitative estimate of drug-likeness (QED) is 0.639. The van der Waals surface area contributed by atoms with E-state index >= 15 is 0 Å². The van der Waals surface area contributed by atoms with Gasteiger partial charge in [0.15, 0.2) is 5.82 Å². The zero-order valence-corrected chi connectivity index (χ0v) is 9.89. The molecule has 1 aromatic heterocycles. The summed E-state index contributed by atoms with van der Waals surface area (Å²) >= 11 is 1.28. The minimum absolute atomic E-state index is 0.0410. The van der Waals surface area contributed by atoms with Crippen LogP contribution < -0.4 is 11.0 Å². The van der Waals surface area contributed by atoms with E-state index in [9.17, 15) is 5.21 Å². The maximum Gasteiger partial charge on any atom is 0.174 e. The van der Waals surface area contributed by atoms with Gasteiger partial charge in [-0.3, -0.25) is 5.21 Å². The highest BCUT2D eigenvalue weighted by Gasteiger charge is 2.12. The van der Waals surface area contributed by atoms with Gasteiger partial charge in [-0.1, -0.05) is 23.9 Å². The van der Waals surface area contributed by atoms with Crippen LogP contribution in [0, 0.1) is 5.21 Å². The Morgan fingerprint density at radius 1 is 1.47 bits per heavy atom. The number of para-hydroxylation sites is 1. The number of rotatable bonds is 3. The van der Waals surface area contributed by atoms with E-state index in [0.29, 0.717) is 10.7 Å². The fourth-order valence-electron chi connectivity index (χ4n) is 1.33. The third-order valence-corrected chi connectivity index (χ3v) is 3.43. The van der Waals surface area contributed by atoms with Crippen molar-refractivity contribution >= 4 is 23.3 Å². The number of hydrogen-bond donors (Lipinski definition) is 2. The van der Waals surface area contributed by atoms with E-state index in [1.54, 1.807) is 17.7 Å². The minimum Gasteiger partial charge on any atom is -0.732 e. The average molecular weight is 251 g/mol. The van der Waals surface area contributed by atoms with Crippen LogP contribution in [0.1, 0.15) is 0 Å². The third-order valence-electron chi connectivity index (χ3n) is 2.17. The van der Waals surface area contributed by atoms with Gasteiger partial charge >= 0.3 is 0 Å². The van der Waals surface area contributed by atoms with E-state index in [0.717, 1.165) is 4.90 Å². The second kappa shape index (κ2) is 4.66. The van der Waals surface area contributed by atoms with Gasteiger partial charge in [-0.25, -0.2) is 4.98 Å². The van der Waals surface area contributed by atoms with Crippen LogP contribution >= 0.6 is 11.8 Å². The Morgan fingerprint density at radius 3 is 2.82 bits per heavy atom. The van der Waals surface area contributed by atoms with Gasteiger partial charge in [-0.05, 0) is 12.1 Å². The molecule has 0 saturated heterocycles. The summed E-state index contributed by atoms with van der Waals surface area (Å²) in [5.74, 6) is -0.0410. The Balaban J connectivity index is 2.36. The summed E-state index contributed by atoms with van der Waals surface area (Å²) in [6.07, 6.45) is 1.46. The Morgan fingerprint density at radius 2 is 2.18 bits per heavy atom. The number of nitrogens with two attached hydrogens (primary N) is 1. The Kier molecular flexibility index (Phi) is 3.23. The van der Waals surface area contributed by atoms with Crippen LogP contribution in [0.5, 0.6) is 0 Å². The molecule has 0 atom stereocenters. The van der Waals surface area contributed by atoms with Gasteiger partial charge in [-0.15, -0.1) is 0 Å². The van der Waals surface area contributed by atoms with Gasteiger partial charge in [0.05, 0.1) is 6.33 Å². The molecule has 0 aliphatic rings. The molecule has 1 heterocycles. The molecule has 3 N–H and O–H groups in total. The molecule has 6 nitrogen and oxygen atoms in total. The van der Waals surface area contributed by atoms with Crippen LogP contribution in [0.2, 0.25) is 0 Å². The van der Waals surface area contributed by atoms with E-state index in [1.807, 2.05) is 18.2 Å². The highest BCUT2D eigenvalue weighted by molar-refractivity contribution is 7.99. The summed E-state index contributed by atoms with van der Waals surface area (Å²) in [5, 5.41) is 20.1. The van der Waals surface area contributed by atoms with Crippen molar-refractivity contribution in [1.82, 2.24) is 9.55 Å². The second-order valence-electron chi connectivity index (χ2n) is 3.40. The van der Waals surface area contributed by atoms with E-state index in [2.05, 4.69) is 4.98 Å². The number of hydrogen-bond acceptors (Lipinski definition) is 6. The second-order valence-corrected chi connectivity index (χ2v) is 4.43. The normalized spacial score (nSPS) is 10.5. The molecule has 90 valence electrons. The Hall–Kier alpha value is -1.70. The Bertz CT molecular complexity index is 527. The van der Waals surface area contributed by atoms with E-state index in [-0.39, 0.29) is 11.0 Å². The monoisotopic (exact) mass is 251 g/mol. The molecule has 2 rings (SSSR count). The first-order valence-corrected chi connectivity index (χ1v) is 5.61. The summed E-state index contributed by atoms with van der Waals surface area (Å²) in [6.45, 7) is 0. The van der Waals surface area contributed by atoms with Gasteiger partial charge in [0.25, 0.3) is 0 Å². The molecule has 0 radical (unpaired) electrons. The first-order valence-electron chi connectivity index (χ1n) is 4.79. The SMILES string of the molecule is Cn1cnc(N([O-])O)c1Sc1ccccc1N. The van der Waals surface area contributed by atoms with Crippen LogP contribution in [0.15, 0.2) is 40.5 Å². The van der Waals surface area contributed by atoms with Crippen molar-refractivity contribution in [3.8, 4) is 0 Å². The lowest BCUT2D eigenvalue weighted by atomic mass is 10.3. The van der Waals surface area contributed by atoms with Crippen LogP contribution in [-0.4, -0.2) is 14.8 Å². The van der Waals surface area contributed by atoms with E-state index in [1.165, 1.54) is 18.1 Å². The molecule has 0 amide bonds. The van der Waals surface area contributed by atoms with Crippen LogP contribution in [0.25, 0.3) is 0 Å². The van der Waals surface area contributed by atoms with E-state index < -0.39 is 0 Å². The number of imidazole rings is 1. The first-order chi connectivity index (χ1) is 8.09. The predicted octanol–water partition coefficient (Wildman–Crippen LogP) is 1.85. The lowest BCUT2D eigenvalue weighted by Gasteiger charge is -2.20. The van der Waals surface area contributed by atoms with Crippen molar-refractivity contribution < 1.29 is 5.21 Å². The number of anilines is 2. The van der Waals surface area contributed by atoms with Crippen molar-refractivity contribution in [1.29, 1.82) is 0 Å². The van der Waals surface area contributed by atoms with Crippen molar-refractivity contribution in [3.05, 3.63) is 35.8 Å². The molecule has 1 aromatic carbocycles. The molecule has 2 aromatic rings. The first kappa shape index (κ1) is 11.8. The number of aromatic nitrogens is 2. The third kappa shape index (κ3) is 2.36. The molecule has 7 heteroatoms. The molecule has 0 aliphatic heterocycles. The zero-order valence-electron chi connectivity index (χ0n) is 9.07. The maximum atomic E-state index is 10.9. The smallest absolute Gasteiger partial charge is 0.174 e. The van der Waals surface area contributed by atoms with Crippen LogP contribution in [-0.2, 0) is 7.05 Å². The predicted molar refractivity (Wildman–Crippen MR) is 65.8 cm³/mol. The molecular formula is C10H11N4O2S-. The largest absolute Gasteiger partial charge is 0.732 e.